The van der Waals surface area contributed by atoms with Gasteiger partial charge in [-0.25, -0.2) is 4.39 Å². The Labute approximate surface area is 113 Å². The van der Waals surface area contributed by atoms with Crippen LogP contribution in [0.1, 0.15) is 36.8 Å². The van der Waals surface area contributed by atoms with Crippen LogP contribution in [0.2, 0.25) is 0 Å². The van der Waals surface area contributed by atoms with Gasteiger partial charge in [-0.05, 0) is 49.6 Å². The Hall–Kier alpha value is -1.44. The zero-order chi connectivity index (χ0) is 13.7. The van der Waals surface area contributed by atoms with Gasteiger partial charge in [-0.15, -0.1) is 0 Å². The van der Waals surface area contributed by atoms with E-state index in [-0.39, 0.29) is 12.4 Å². The van der Waals surface area contributed by atoms with Crippen molar-refractivity contribution in [1.29, 1.82) is 5.26 Å². The maximum Gasteiger partial charge on any atom is 0.124 e. The summed E-state index contributed by atoms with van der Waals surface area (Å²) < 4.78 is 13.4. The topological polar surface area (TPSA) is 47.3 Å². The summed E-state index contributed by atoms with van der Waals surface area (Å²) in [6.45, 7) is 1.81. The van der Waals surface area contributed by atoms with Crippen LogP contribution in [-0.2, 0) is 6.54 Å². The van der Waals surface area contributed by atoms with E-state index in [1.165, 1.54) is 18.6 Å². The quantitative estimate of drug-likeness (QED) is 0.906. The lowest BCUT2D eigenvalue weighted by Crippen LogP contribution is -2.39. The lowest BCUT2D eigenvalue weighted by atomic mass is 9.98. The van der Waals surface area contributed by atoms with Gasteiger partial charge in [-0.2, -0.15) is 5.26 Å². The van der Waals surface area contributed by atoms with E-state index in [1.807, 2.05) is 6.07 Å². The van der Waals surface area contributed by atoms with Crippen LogP contribution >= 0.6 is 0 Å². The molecule has 1 N–H and O–H groups in total. The highest BCUT2D eigenvalue weighted by atomic mass is 19.1. The minimum atomic E-state index is -0.357. The van der Waals surface area contributed by atoms with E-state index in [0.717, 1.165) is 31.4 Å². The zero-order valence-electron chi connectivity index (χ0n) is 11.0. The first kappa shape index (κ1) is 14.0. The first-order valence-electron chi connectivity index (χ1n) is 6.77. The van der Waals surface area contributed by atoms with Gasteiger partial charge in [0, 0.05) is 19.2 Å². The molecule has 102 valence electrons. The number of nitrogens with zero attached hydrogens (tertiary/aromatic N) is 2. The predicted molar refractivity (Wildman–Crippen MR) is 70.9 cm³/mol. The number of piperidine rings is 1. The monoisotopic (exact) mass is 262 g/mol. The molecule has 0 spiro atoms. The molecule has 19 heavy (non-hydrogen) atoms. The number of nitriles is 1. The second kappa shape index (κ2) is 6.65. The van der Waals surface area contributed by atoms with Gasteiger partial charge < -0.3 is 5.11 Å². The molecule has 0 saturated carbocycles. The molecule has 1 heterocycles. The molecule has 1 unspecified atom stereocenters. The van der Waals surface area contributed by atoms with E-state index in [0.29, 0.717) is 18.2 Å². The number of benzene rings is 1. The Kier molecular flexibility index (Phi) is 4.89. The van der Waals surface area contributed by atoms with Crippen molar-refractivity contribution in [3.05, 3.63) is 35.1 Å². The maximum atomic E-state index is 13.4. The number of rotatable bonds is 4. The zero-order valence-corrected chi connectivity index (χ0v) is 11.0. The van der Waals surface area contributed by atoms with Gasteiger partial charge in [0.25, 0.3) is 0 Å². The number of aliphatic hydroxyl groups excluding tert-OH is 1. The fourth-order valence-corrected chi connectivity index (χ4v) is 2.78. The molecule has 1 atom stereocenters. The van der Waals surface area contributed by atoms with Gasteiger partial charge in [-0.3, -0.25) is 4.90 Å². The minimum absolute atomic E-state index is 0.188. The van der Waals surface area contributed by atoms with Crippen molar-refractivity contribution in [2.75, 3.05) is 13.2 Å². The highest BCUT2D eigenvalue weighted by molar-refractivity contribution is 5.33. The standard InChI is InChI=1S/C15H19FN2O/c16-14-8-12(10-17)7-13(9-14)11-18-5-2-1-3-15(18)4-6-19/h7-9,15,19H,1-6,11H2. The largest absolute Gasteiger partial charge is 0.396 e. The molecule has 1 aliphatic rings. The third-order valence-corrected chi connectivity index (χ3v) is 3.68. The minimum Gasteiger partial charge on any atom is -0.396 e. The number of hydrogen-bond acceptors (Lipinski definition) is 3. The van der Waals surface area contributed by atoms with E-state index in [9.17, 15) is 4.39 Å². The summed E-state index contributed by atoms with van der Waals surface area (Å²) in [7, 11) is 0. The Morgan fingerprint density at radius 2 is 2.21 bits per heavy atom. The van der Waals surface area contributed by atoms with Crippen molar-refractivity contribution in [2.24, 2.45) is 0 Å². The fourth-order valence-electron chi connectivity index (χ4n) is 2.78. The number of likely N-dealkylation sites (tertiary alicyclic amines) is 1. The molecule has 4 heteroatoms. The first-order chi connectivity index (χ1) is 9.22. The number of hydrogen-bond donors (Lipinski definition) is 1. The molecule has 1 saturated heterocycles. The smallest absolute Gasteiger partial charge is 0.124 e. The van der Waals surface area contributed by atoms with Crippen LogP contribution in [0.4, 0.5) is 4.39 Å². The van der Waals surface area contributed by atoms with Crippen molar-refractivity contribution in [1.82, 2.24) is 4.90 Å². The molecular formula is C15H19FN2O. The van der Waals surface area contributed by atoms with E-state index < -0.39 is 0 Å². The third-order valence-electron chi connectivity index (χ3n) is 3.68. The predicted octanol–water partition coefficient (Wildman–Crippen LogP) is 2.43. The molecule has 2 rings (SSSR count). The van der Waals surface area contributed by atoms with E-state index in [4.69, 9.17) is 10.4 Å². The summed E-state index contributed by atoms with van der Waals surface area (Å²) in [5.41, 5.74) is 1.20. The molecule has 0 aliphatic carbocycles. The van der Waals surface area contributed by atoms with Crippen LogP contribution in [0, 0.1) is 17.1 Å². The van der Waals surface area contributed by atoms with Crippen LogP contribution in [0.5, 0.6) is 0 Å². The Balaban J connectivity index is 2.10. The van der Waals surface area contributed by atoms with Gasteiger partial charge in [0.15, 0.2) is 0 Å². The van der Waals surface area contributed by atoms with Gasteiger partial charge in [0.2, 0.25) is 0 Å². The number of aliphatic hydroxyl groups is 1. The summed E-state index contributed by atoms with van der Waals surface area (Å²) >= 11 is 0. The van der Waals surface area contributed by atoms with Gasteiger partial charge in [0.1, 0.15) is 5.82 Å². The Bertz CT molecular complexity index is 468. The van der Waals surface area contributed by atoms with Crippen LogP contribution in [0.3, 0.4) is 0 Å². The SMILES string of the molecule is N#Cc1cc(F)cc(CN2CCCCC2CCO)c1. The van der Waals surface area contributed by atoms with Gasteiger partial charge >= 0.3 is 0 Å². The molecular weight excluding hydrogens is 243 g/mol. The number of halogens is 1. The summed E-state index contributed by atoms with van der Waals surface area (Å²) in [5, 5.41) is 18.0. The molecule has 1 aromatic carbocycles. The van der Waals surface area contributed by atoms with E-state index in [1.54, 1.807) is 6.07 Å². The molecule has 3 nitrogen and oxygen atoms in total. The first-order valence-corrected chi connectivity index (χ1v) is 6.77. The van der Waals surface area contributed by atoms with Crippen molar-refractivity contribution in [3.63, 3.8) is 0 Å². The molecule has 1 fully saturated rings. The summed E-state index contributed by atoms with van der Waals surface area (Å²) in [6.07, 6.45) is 4.18. The lowest BCUT2D eigenvalue weighted by molar-refractivity contribution is 0.112. The second-order valence-electron chi connectivity index (χ2n) is 5.09. The van der Waals surface area contributed by atoms with Crippen LogP contribution < -0.4 is 0 Å². The molecule has 0 bridgehead atoms. The highest BCUT2D eigenvalue weighted by Gasteiger charge is 2.22. The molecule has 0 amide bonds. The summed E-state index contributed by atoms with van der Waals surface area (Å²) in [5.74, 6) is -0.357. The lowest BCUT2D eigenvalue weighted by Gasteiger charge is -2.35. The average Bonchev–Trinajstić information content (AvgIpc) is 2.40. The molecule has 0 aromatic heterocycles. The van der Waals surface area contributed by atoms with Crippen molar-refractivity contribution >= 4 is 0 Å². The molecule has 1 aromatic rings. The Morgan fingerprint density at radius 1 is 1.37 bits per heavy atom. The van der Waals surface area contributed by atoms with E-state index in [2.05, 4.69) is 4.90 Å². The second-order valence-corrected chi connectivity index (χ2v) is 5.09. The van der Waals surface area contributed by atoms with Crippen LogP contribution in [-0.4, -0.2) is 29.2 Å². The molecule has 1 aliphatic heterocycles. The van der Waals surface area contributed by atoms with Crippen molar-refractivity contribution < 1.29 is 9.50 Å². The highest BCUT2D eigenvalue weighted by Crippen LogP contribution is 2.22. The third kappa shape index (κ3) is 3.76. The fraction of sp³-hybridized carbons (Fsp3) is 0.533. The van der Waals surface area contributed by atoms with Crippen molar-refractivity contribution in [2.45, 2.75) is 38.3 Å². The average molecular weight is 262 g/mol. The molecule has 0 radical (unpaired) electrons. The normalized spacial score (nSPS) is 20.2. The summed E-state index contributed by atoms with van der Waals surface area (Å²) in [4.78, 5) is 2.29. The van der Waals surface area contributed by atoms with E-state index >= 15 is 0 Å². The van der Waals surface area contributed by atoms with Gasteiger partial charge in [0.05, 0.1) is 11.6 Å². The summed E-state index contributed by atoms with van der Waals surface area (Å²) in [6, 6.07) is 6.84. The van der Waals surface area contributed by atoms with Crippen LogP contribution in [0.25, 0.3) is 0 Å². The van der Waals surface area contributed by atoms with Crippen molar-refractivity contribution in [3.8, 4) is 6.07 Å². The van der Waals surface area contributed by atoms with Gasteiger partial charge in [-0.1, -0.05) is 6.42 Å². The maximum absolute atomic E-state index is 13.4. The Morgan fingerprint density at radius 3 is 2.95 bits per heavy atom. The van der Waals surface area contributed by atoms with Crippen LogP contribution in [0.15, 0.2) is 18.2 Å².